The molecule has 0 saturated heterocycles. The number of rotatable bonds is 12. The number of unbranched alkanes of at least 4 members (excludes halogenated alkanes) is 3. The molecular weight excluding hydrogens is 766 g/mol. The lowest BCUT2D eigenvalue weighted by molar-refractivity contribution is -0.697. The number of methoxy groups -OCH3 is 2. The molecule has 1 aliphatic heterocycles. The van der Waals surface area contributed by atoms with Gasteiger partial charge in [0.2, 0.25) is 0 Å². The lowest BCUT2D eigenvalue weighted by atomic mass is 9.94. The molecule has 3 aromatic carbocycles. The molecule has 3 heterocycles. The van der Waals surface area contributed by atoms with Crippen LogP contribution in [0.4, 0.5) is 0 Å². The van der Waals surface area contributed by atoms with E-state index >= 15 is 0 Å². The molecule has 2 aromatic heterocycles. The molecular formula is C39H37Br2N3O6. The van der Waals surface area contributed by atoms with Gasteiger partial charge in [0.1, 0.15) is 6.54 Å². The number of pyridine rings is 2. The largest absolute Gasteiger partial charge is 1.00 e. The second-order valence-corrected chi connectivity index (χ2v) is 11.9. The summed E-state index contributed by atoms with van der Waals surface area (Å²) in [5, 5.41) is 1.69. The van der Waals surface area contributed by atoms with Crippen LogP contribution in [0.2, 0.25) is 0 Å². The summed E-state index contributed by atoms with van der Waals surface area (Å²) in [6, 6.07) is 24.4. The van der Waals surface area contributed by atoms with Crippen molar-refractivity contribution in [2.75, 3.05) is 20.8 Å². The fourth-order valence-electron chi connectivity index (χ4n) is 6.22. The molecule has 9 nitrogen and oxygen atoms in total. The summed E-state index contributed by atoms with van der Waals surface area (Å²) in [5.74, 6) is -1.44. The number of aromatic nitrogens is 2. The minimum atomic E-state index is -0.517. The third kappa shape index (κ3) is 8.34. The van der Waals surface area contributed by atoms with Crippen molar-refractivity contribution in [3.8, 4) is 11.1 Å². The van der Waals surface area contributed by atoms with Gasteiger partial charge in [-0.25, -0.2) is 18.7 Å². The molecule has 0 aliphatic carbocycles. The maximum atomic E-state index is 13.1. The third-order valence-corrected chi connectivity index (χ3v) is 8.72. The van der Waals surface area contributed by atoms with Crippen molar-refractivity contribution < 1.29 is 71.7 Å². The number of aryl methyl sites for hydroxylation is 1. The highest BCUT2D eigenvalue weighted by atomic mass is 79.9. The van der Waals surface area contributed by atoms with Crippen LogP contribution in [0.1, 0.15) is 72.7 Å². The zero-order valence-corrected chi connectivity index (χ0v) is 31.0. The highest BCUT2D eigenvalue weighted by Gasteiger charge is 2.32. The van der Waals surface area contributed by atoms with Crippen molar-refractivity contribution in [1.82, 2.24) is 4.90 Å². The Hall–Kier alpha value is -4.74. The van der Waals surface area contributed by atoms with Crippen molar-refractivity contribution in [2.45, 2.75) is 38.8 Å². The molecule has 50 heavy (non-hydrogen) atoms. The van der Waals surface area contributed by atoms with Gasteiger partial charge in [-0.3, -0.25) is 14.5 Å². The van der Waals surface area contributed by atoms with Crippen LogP contribution in [-0.4, -0.2) is 49.4 Å². The zero-order valence-electron chi connectivity index (χ0n) is 27.8. The fourth-order valence-corrected chi connectivity index (χ4v) is 6.22. The molecule has 5 aromatic rings. The summed E-state index contributed by atoms with van der Waals surface area (Å²) in [7, 11) is 2.61. The van der Waals surface area contributed by atoms with Crippen LogP contribution in [0.15, 0.2) is 104 Å². The minimum Gasteiger partial charge on any atom is -1.00 e. The molecule has 0 fully saturated rings. The maximum absolute atomic E-state index is 13.1. The van der Waals surface area contributed by atoms with E-state index in [4.69, 9.17) is 9.47 Å². The Bertz CT molecular complexity index is 1930. The van der Waals surface area contributed by atoms with Crippen LogP contribution in [0, 0.1) is 0 Å². The van der Waals surface area contributed by atoms with E-state index in [1.54, 1.807) is 12.1 Å². The summed E-state index contributed by atoms with van der Waals surface area (Å²) < 4.78 is 13.8. The Morgan fingerprint density at radius 3 is 1.66 bits per heavy atom. The SMILES string of the molecule is COC(=O)c1cc(C[n+]2ccc(-c3cc[n+](CCCCCCN4C(=O)c5cccc6cccc(c56)C4=O)cc3)cc2)cc(C(=O)OC)c1.[Br-].[Br-]. The molecule has 0 atom stereocenters. The highest BCUT2D eigenvalue weighted by Crippen LogP contribution is 2.30. The highest BCUT2D eigenvalue weighted by molar-refractivity contribution is 6.25. The first-order valence-electron chi connectivity index (χ1n) is 16.0. The number of carbonyl (C=O) groups is 4. The van der Waals surface area contributed by atoms with E-state index < -0.39 is 11.9 Å². The topological polar surface area (TPSA) is 97.7 Å². The van der Waals surface area contributed by atoms with Gasteiger partial charge in [-0.15, -0.1) is 0 Å². The number of nitrogens with zero attached hydrogens (tertiary/aromatic N) is 3. The van der Waals surface area contributed by atoms with Crippen LogP contribution >= 0.6 is 0 Å². The molecule has 2 amide bonds. The lowest BCUT2D eigenvalue weighted by Gasteiger charge is -2.27. The number of hydrogen-bond donors (Lipinski definition) is 0. The molecule has 1 aliphatic rings. The number of imide groups is 1. The van der Waals surface area contributed by atoms with Crippen LogP contribution in [0.25, 0.3) is 21.9 Å². The standard InChI is InChI=1S/C39H37N3O6.2BrH/c1-47-38(45)31-23-27(24-32(25-31)39(46)48-2)26-41-21-15-29(16-22-41)28-13-19-40(20-14-28)17-5-3-4-6-18-42-36(43)33-11-7-9-30-10-8-12-34(35(30)33)37(42)44;;/h7-16,19-25H,3-6,17-18,26H2,1-2H3;2*1H/q+2;;/p-2. The van der Waals surface area contributed by atoms with Crippen LogP contribution in [-0.2, 0) is 22.6 Å². The van der Waals surface area contributed by atoms with Gasteiger partial charge in [0.25, 0.3) is 11.8 Å². The Balaban J connectivity index is 0.00000281. The number of amides is 2. The van der Waals surface area contributed by atoms with Crippen LogP contribution < -0.4 is 43.1 Å². The maximum Gasteiger partial charge on any atom is 0.337 e. The Kier molecular flexibility index (Phi) is 13.1. The van der Waals surface area contributed by atoms with Gasteiger partial charge < -0.3 is 43.4 Å². The molecule has 0 spiro atoms. The summed E-state index contributed by atoms with van der Waals surface area (Å²) in [4.78, 5) is 51.9. The first kappa shape index (κ1) is 38.1. The first-order chi connectivity index (χ1) is 23.4. The van der Waals surface area contributed by atoms with Crippen molar-refractivity contribution in [2.24, 2.45) is 0 Å². The monoisotopic (exact) mass is 801 g/mol. The summed E-state index contributed by atoms with van der Waals surface area (Å²) in [5.41, 5.74) is 4.73. The normalized spacial score (nSPS) is 11.8. The molecule has 11 heteroatoms. The first-order valence-corrected chi connectivity index (χ1v) is 16.0. The molecule has 6 rings (SSSR count). The van der Waals surface area contributed by atoms with Crippen molar-refractivity contribution in [1.29, 1.82) is 0 Å². The predicted octanol–water partition coefficient (Wildman–Crippen LogP) is -0.432. The van der Waals surface area contributed by atoms with Gasteiger partial charge in [-0.2, -0.15) is 0 Å². The van der Waals surface area contributed by atoms with E-state index in [1.807, 2.05) is 65.5 Å². The predicted molar refractivity (Wildman–Crippen MR) is 178 cm³/mol. The average Bonchev–Trinajstić information content (AvgIpc) is 3.12. The minimum absolute atomic E-state index is 0. The van der Waals surface area contributed by atoms with Gasteiger partial charge in [0, 0.05) is 59.3 Å². The summed E-state index contributed by atoms with van der Waals surface area (Å²) in [6.07, 6.45) is 11.8. The van der Waals surface area contributed by atoms with E-state index in [9.17, 15) is 19.2 Å². The summed E-state index contributed by atoms with van der Waals surface area (Å²) >= 11 is 0. The Morgan fingerprint density at radius 1 is 0.640 bits per heavy atom. The van der Waals surface area contributed by atoms with Crippen LogP contribution in [0.5, 0.6) is 0 Å². The number of ether oxygens (including phenoxy) is 2. The quantitative estimate of drug-likeness (QED) is 0.0736. The second-order valence-electron chi connectivity index (χ2n) is 11.9. The third-order valence-electron chi connectivity index (χ3n) is 8.72. The zero-order chi connectivity index (χ0) is 33.6. The smallest absolute Gasteiger partial charge is 0.337 e. The van der Waals surface area contributed by atoms with Crippen LogP contribution in [0.3, 0.4) is 0 Å². The number of hydrogen-bond acceptors (Lipinski definition) is 6. The molecule has 0 bridgehead atoms. The molecule has 0 N–H and O–H groups in total. The molecule has 0 saturated carbocycles. The number of carbonyl (C=O) groups excluding carboxylic acids is 4. The number of halogens is 2. The van der Waals surface area contributed by atoms with E-state index in [1.165, 1.54) is 25.2 Å². The molecule has 0 unspecified atom stereocenters. The Labute approximate surface area is 312 Å². The van der Waals surface area contributed by atoms with Gasteiger partial charge in [0.05, 0.1) is 25.3 Å². The van der Waals surface area contributed by atoms with Gasteiger partial charge in [-0.05, 0) is 59.7 Å². The van der Waals surface area contributed by atoms with Crippen molar-refractivity contribution in [3.05, 3.63) is 131 Å². The van der Waals surface area contributed by atoms with E-state index in [2.05, 4.69) is 29.1 Å². The number of esters is 2. The molecule has 258 valence electrons. The van der Waals surface area contributed by atoms with E-state index in [0.29, 0.717) is 35.3 Å². The summed E-state index contributed by atoms with van der Waals surface area (Å²) in [6.45, 7) is 1.76. The van der Waals surface area contributed by atoms with Gasteiger partial charge in [0.15, 0.2) is 31.3 Å². The number of benzene rings is 3. The van der Waals surface area contributed by atoms with Crippen molar-refractivity contribution in [3.63, 3.8) is 0 Å². The van der Waals surface area contributed by atoms with E-state index in [-0.39, 0.29) is 45.8 Å². The van der Waals surface area contributed by atoms with Gasteiger partial charge >= 0.3 is 11.9 Å². The van der Waals surface area contributed by atoms with Gasteiger partial charge in [-0.1, -0.05) is 30.7 Å². The second kappa shape index (κ2) is 17.3. The average molecular weight is 804 g/mol. The van der Waals surface area contributed by atoms with Crippen molar-refractivity contribution >= 4 is 34.5 Å². The fraction of sp³-hybridized carbons (Fsp3) is 0.231. The Morgan fingerprint density at radius 2 is 1.14 bits per heavy atom. The van der Waals surface area contributed by atoms with E-state index in [0.717, 1.165) is 59.7 Å². The molecule has 0 radical (unpaired) electrons. The lowest BCUT2D eigenvalue weighted by Crippen LogP contribution is -3.00.